The molecule has 15 heavy (non-hydrogen) atoms. The summed E-state index contributed by atoms with van der Waals surface area (Å²) in [4.78, 5) is 2.41. The summed E-state index contributed by atoms with van der Waals surface area (Å²) in [5, 5.41) is 6.91. The molecule has 0 spiro atoms. The standard InChI is InChI=1S/C12H23N3/c1-10-4-3-7-15(9-10)11(2)14-12-5-6-13-8-12/h10,12-14H,2-9H2,1H3/t10?,12-/m1/s1. The van der Waals surface area contributed by atoms with E-state index in [1.165, 1.54) is 32.4 Å². The van der Waals surface area contributed by atoms with E-state index in [4.69, 9.17) is 0 Å². The van der Waals surface area contributed by atoms with Crippen LogP contribution in [0.2, 0.25) is 0 Å². The Hall–Kier alpha value is -0.700. The van der Waals surface area contributed by atoms with Crippen LogP contribution in [-0.4, -0.2) is 37.1 Å². The number of nitrogens with one attached hydrogen (secondary N) is 2. The lowest BCUT2D eigenvalue weighted by Crippen LogP contribution is -2.42. The van der Waals surface area contributed by atoms with Crippen LogP contribution in [0.1, 0.15) is 26.2 Å². The van der Waals surface area contributed by atoms with Crippen molar-refractivity contribution in [2.75, 3.05) is 26.2 Å². The normalized spacial score (nSPS) is 31.7. The molecule has 0 aromatic heterocycles. The Bertz CT molecular complexity index is 221. The van der Waals surface area contributed by atoms with Crippen LogP contribution in [0.25, 0.3) is 0 Å². The first-order valence-electron chi connectivity index (χ1n) is 6.17. The summed E-state index contributed by atoms with van der Waals surface area (Å²) < 4.78 is 0. The van der Waals surface area contributed by atoms with Gasteiger partial charge in [-0.3, -0.25) is 0 Å². The molecule has 3 heteroatoms. The van der Waals surface area contributed by atoms with Crippen molar-refractivity contribution < 1.29 is 0 Å². The summed E-state index contributed by atoms with van der Waals surface area (Å²) in [6.07, 6.45) is 3.90. The largest absolute Gasteiger partial charge is 0.368 e. The molecule has 0 aromatic carbocycles. The van der Waals surface area contributed by atoms with Gasteiger partial charge in [0.2, 0.25) is 0 Å². The van der Waals surface area contributed by atoms with E-state index in [-0.39, 0.29) is 0 Å². The zero-order chi connectivity index (χ0) is 10.7. The van der Waals surface area contributed by atoms with Gasteiger partial charge in [0.25, 0.3) is 0 Å². The number of rotatable bonds is 3. The minimum absolute atomic E-state index is 0.592. The number of nitrogens with zero attached hydrogens (tertiary/aromatic N) is 1. The van der Waals surface area contributed by atoms with Gasteiger partial charge < -0.3 is 15.5 Å². The van der Waals surface area contributed by atoms with Crippen molar-refractivity contribution in [1.29, 1.82) is 0 Å². The molecule has 2 saturated heterocycles. The minimum Gasteiger partial charge on any atom is -0.368 e. The van der Waals surface area contributed by atoms with Gasteiger partial charge in [-0.15, -0.1) is 0 Å². The molecule has 0 aromatic rings. The second kappa shape index (κ2) is 4.88. The van der Waals surface area contributed by atoms with E-state index in [0.29, 0.717) is 6.04 Å². The van der Waals surface area contributed by atoms with E-state index in [0.717, 1.165) is 24.8 Å². The van der Waals surface area contributed by atoms with Gasteiger partial charge in [0.15, 0.2) is 0 Å². The summed E-state index contributed by atoms with van der Waals surface area (Å²) in [5.41, 5.74) is 0. The van der Waals surface area contributed by atoms with Crippen LogP contribution in [0.3, 0.4) is 0 Å². The maximum atomic E-state index is 4.16. The molecule has 2 aliphatic rings. The molecule has 2 atom stereocenters. The number of hydrogen-bond donors (Lipinski definition) is 2. The van der Waals surface area contributed by atoms with Crippen LogP contribution in [0.15, 0.2) is 12.4 Å². The van der Waals surface area contributed by atoms with Crippen LogP contribution in [0.5, 0.6) is 0 Å². The fraction of sp³-hybridized carbons (Fsp3) is 0.833. The van der Waals surface area contributed by atoms with Gasteiger partial charge in [0.1, 0.15) is 0 Å². The highest BCUT2D eigenvalue weighted by atomic mass is 15.3. The number of likely N-dealkylation sites (tertiary alicyclic amines) is 1. The summed E-state index contributed by atoms with van der Waals surface area (Å²) in [6, 6.07) is 0.592. The van der Waals surface area contributed by atoms with Crippen LogP contribution >= 0.6 is 0 Å². The molecule has 1 unspecified atom stereocenters. The Balaban J connectivity index is 1.78. The third kappa shape index (κ3) is 2.88. The predicted octanol–water partition coefficient (Wildman–Crippen LogP) is 1.14. The molecule has 2 rings (SSSR count). The zero-order valence-electron chi connectivity index (χ0n) is 9.76. The van der Waals surface area contributed by atoms with Gasteiger partial charge in [-0.1, -0.05) is 13.5 Å². The second-order valence-electron chi connectivity index (χ2n) is 4.97. The van der Waals surface area contributed by atoms with Gasteiger partial charge in [0, 0.05) is 25.7 Å². The Morgan fingerprint density at radius 2 is 2.33 bits per heavy atom. The van der Waals surface area contributed by atoms with Crippen molar-refractivity contribution in [2.24, 2.45) is 5.92 Å². The van der Waals surface area contributed by atoms with E-state index in [2.05, 4.69) is 29.0 Å². The molecule has 86 valence electrons. The van der Waals surface area contributed by atoms with E-state index in [1.807, 2.05) is 0 Å². The molecule has 2 fully saturated rings. The summed E-state index contributed by atoms with van der Waals surface area (Å²) >= 11 is 0. The molecule has 2 heterocycles. The van der Waals surface area contributed by atoms with Crippen molar-refractivity contribution in [1.82, 2.24) is 15.5 Å². The lowest BCUT2D eigenvalue weighted by molar-refractivity contribution is 0.213. The molecule has 0 amide bonds. The zero-order valence-corrected chi connectivity index (χ0v) is 9.76. The molecular formula is C12H23N3. The van der Waals surface area contributed by atoms with Crippen molar-refractivity contribution >= 4 is 0 Å². The summed E-state index contributed by atoms with van der Waals surface area (Å²) in [5.74, 6) is 1.95. The van der Waals surface area contributed by atoms with Gasteiger partial charge in [0.05, 0.1) is 5.82 Å². The van der Waals surface area contributed by atoms with Crippen molar-refractivity contribution in [3.63, 3.8) is 0 Å². The second-order valence-corrected chi connectivity index (χ2v) is 4.97. The van der Waals surface area contributed by atoms with Crippen LogP contribution in [-0.2, 0) is 0 Å². The van der Waals surface area contributed by atoms with Gasteiger partial charge >= 0.3 is 0 Å². The first kappa shape index (κ1) is 10.8. The highest BCUT2D eigenvalue weighted by Gasteiger charge is 2.20. The maximum absolute atomic E-state index is 4.16. The monoisotopic (exact) mass is 209 g/mol. The quantitative estimate of drug-likeness (QED) is 0.730. The van der Waals surface area contributed by atoms with Crippen molar-refractivity contribution in [3.05, 3.63) is 12.4 Å². The minimum atomic E-state index is 0.592. The predicted molar refractivity (Wildman–Crippen MR) is 63.5 cm³/mol. The first-order chi connectivity index (χ1) is 7.25. The van der Waals surface area contributed by atoms with Gasteiger partial charge in [-0.05, 0) is 31.7 Å². The van der Waals surface area contributed by atoms with Gasteiger partial charge in [-0.2, -0.15) is 0 Å². The fourth-order valence-corrected chi connectivity index (χ4v) is 2.54. The Morgan fingerprint density at radius 3 is 3.00 bits per heavy atom. The summed E-state index contributed by atoms with van der Waals surface area (Å²) in [6.45, 7) is 11.1. The van der Waals surface area contributed by atoms with E-state index < -0.39 is 0 Å². The third-order valence-electron chi connectivity index (χ3n) is 3.47. The highest BCUT2D eigenvalue weighted by molar-refractivity contribution is 4.97. The maximum Gasteiger partial charge on any atom is 0.0941 e. The smallest absolute Gasteiger partial charge is 0.0941 e. The SMILES string of the molecule is C=C(N[C@@H]1CCNC1)N1CCCC(C)C1. The molecule has 0 radical (unpaired) electrons. The lowest BCUT2D eigenvalue weighted by Gasteiger charge is -2.35. The fourth-order valence-electron chi connectivity index (χ4n) is 2.54. The van der Waals surface area contributed by atoms with Crippen molar-refractivity contribution in [3.8, 4) is 0 Å². The van der Waals surface area contributed by atoms with Crippen molar-refractivity contribution in [2.45, 2.75) is 32.2 Å². The van der Waals surface area contributed by atoms with E-state index in [9.17, 15) is 0 Å². The Morgan fingerprint density at radius 1 is 1.47 bits per heavy atom. The molecule has 0 aliphatic carbocycles. The van der Waals surface area contributed by atoms with Crippen LogP contribution in [0.4, 0.5) is 0 Å². The topological polar surface area (TPSA) is 27.3 Å². The lowest BCUT2D eigenvalue weighted by atomic mass is 10.0. The highest BCUT2D eigenvalue weighted by Crippen LogP contribution is 2.18. The average Bonchev–Trinajstić information content (AvgIpc) is 2.70. The molecule has 0 saturated carbocycles. The van der Waals surface area contributed by atoms with Crippen LogP contribution in [0, 0.1) is 5.92 Å². The number of hydrogen-bond acceptors (Lipinski definition) is 3. The molecule has 0 bridgehead atoms. The number of piperidine rings is 1. The Labute approximate surface area is 92.9 Å². The first-order valence-corrected chi connectivity index (χ1v) is 6.17. The summed E-state index contributed by atoms with van der Waals surface area (Å²) in [7, 11) is 0. The third-order valence-corrected chi connectivity index (χ3v) is 3.47. The molecule has 2 aliphatic heterocycles. The molecule has 2 N–H and O–H groups in total. The average molecular weight is 209 g/mol. The molecular weight excluding hydrogens is 186 g/mol. The molecule has 3 nitrogen and oxygen atoms in total. The van der Waals surface area contributed by atoms with E-state index in [1.54, 1.807) is 0 Å². The van der Waals surface area contributed by atoms with E-state index >= 15 is 0 Å². The van der Waals surface area contributed by atoms with Crippen LogP contribution < -0.4 is 10.6 Å². The Kier molecular flexibility index (Phi) is 3.52. The van der Waals surface area contributed by atoms with Gasteiger partial charge in [-0.25, -0.2) is 0 Å².